The molecular weight excluding hydrogens is 309 g/mol. The Morgan fingerprint density at radius 3 is 2.52 bits per heavy atom. The molecule has 0 saturated heterocycles. The van der Waals surface area contributed by atoms with Crippen LogP contribution in [0.25, 0.3) is 0 Å². The zero-order valence-electron chi connectivity index (χ0n) is 11.4. The van der Waals surface area contributed by atoms with Crippen molar-refractivity contribution in [2.75, 3.05) is 13.2 Å². The van der Waals surface area contributed by atoms with Gasteiger partial charge >= 0.3 is 0 Å². The van der Waals surface area contributed by atoms with Gasteiger partial charge in [-0.25, -0.2) is 0 Å². The van der Waals surface area contributed by atoms with E-state index in [4.69, 9.17) is 27.9 Å². The highest BCUT2D eigenvalue weighted by Gasteiger charge is 2.06. The van der Waals surface area contributed by atoms with Crippen LogP contribution in [0.4, 0.5) is 0 Å². The molecule has 0 spiro atoms. The summed E-state index contributed by atoms with van der Waals surface area (Å²) in [5.74, 6) is 0.589. The first kappa shape index (κ1) is 16.1. The molecule has 0 aliphatic carbocycles. The number of aliphatic hydroxyl groups excluding tert-OH is 1. The van der Waals surface area contributed by atoms with Crippen molar-refractivity contribution in [1.82, 2.24) is 5.32 Å². The van der Waals surface area contributed by atoms with Gasteiger partial charge in [-0.3, -0.25) is 0 Å². The van der Waals surface area contributed by atoms with Gasteiger partial charge in [0.1, 0.15) is 18.5 Å². The lowest BCUT2D eigenvalue weighted by atomic mass is 10.2. The Morgan fingerprint density at radius 2 is 1.81 bits per heavy atom. The Bertz CT molecular complexity index is 563. The molecule has 2 aromatic rings. The molecule has 3 nitrogen and oxygen atoms in total. The fraction of sp³-hybridized carbons (Fsp3) is 0.250. The second kappa shape index (κ2) is 8.25. The molecule has 2 aromatic carbocycles. The van der Waals surface area contributed by atoms with E-state index in [1.165, 1.54) is 5.56 Å². The molecule has 0 aliphatic heterocycles. The zero-order valence-corrected chi connectivity index (χ0v) is 12.9. The molecule has 5 heteroatoms. The van der Waals surface area contributed by atoms with Crippen LogP contribution in [0.15, 0.2) is 48.5 Å². The molecule has 1 atom stereocenters. The fourth-order valence-corrected chi connectivity index (χ4v) is 2.09. The normalized spacial score (nSPS) is 12.1. The number of ether oxygens (including phenoxy) is 1. The van der Waals surface area contributed by atoms with Crippen LogP contribution in [0.1, 0.15) is 5.56 Å². The first-order valence-electron chi connectivity index (χ1n) is 6.65. The second-order valence-corrected chi connectivity index (χ2v) is 5.47. The Labute approximate surface area is 134 Å². The molecule has 0 aliphatic rings. The van der Waals surface area contributed by atoms with E-state index in [9.17, 15) is 5.11 Å². The third-order valence-corrected chi connectivity index (χ3v) is 3.62. The van der Waals surface area contributed by atoms with Crippen LogP contribution in [0.2, 0.25) is 10.0 Å². The van der Waals surface area contributed by atoms with E-state index in [-0.39, 0.29) is 6.61 Å². The highest BCUT2D eigenvalue weighted by atomic mass is 35.5. The van der Waals surface area contributed by atoms with Crippen molar-refractivity contribution in [3.05, 3.63) is 64.1 Å². The fourth-order valence-electron chi connectivity index (χ4n) is 1.80. The standard InChI is InChI=1S/C16H17Cl2NO2/c17-15-7-6-14(8-16(15)18)21-11-13(20)10-19-9-12-4-2-1-3-5-12/h1-8,13,19-20H,9-11H2. The van der Waals surface area contributed by atoms with Gasteiger partial charge in [-0.15, -0.1) is 0 Å². The van der Waals surface area contributed by atoms with Crippen molar-refractivity contribution in [2.24, 2.45) is 0 Å². The first-order valence-corrected chi connectivity index (χ1v) is 7.41. The Balaban J connectivity index is 1.69. The quantitative estimate of drug-likeness (QED) is 0.818. The molecular formula is C16H17Cl2NO2. The van der Waals surface area contributed by atoms with Crippen LogP contribution in [0.3, 0.4) is 0 Å². The van der Waals surface area contributed by atoms with Crippen LogP contribution >= 0.6 is 23.2 Å². The lowest BCUT2D eigenvalue weighted by molar-refractivity contribution is 0.106. The van der Waals surface area contributed by atoms with Gasteiger partial charge in [0, 0.05) is 19.2 Å². The molecule has 2 N–H and O–H groups in total. The third kappa shape index (κ3) is 5.56. The number of nitrogens with one attached hydrogen (secondary N) is 1. The van der Waals surface area contributed by atoms with Crippen LogP contribution in [-0.4, -0.2) is 24.4 Å². The Hall–Kier alpha value is -1.26. The summed E-state index contributed by atoms with van der Waals surface area (Å²) in [7, 11) is 0. The van der Waals surface area contributed by atoms with Gasteiger partial charge in [0.05, 0.1) is 10.0 Å². The van der Waals surface area contributed by atoms with E-state index >= 15 is 0 Å². The predicted molar refractivity (Wildman–Crippen MR) is 86.1 cm³/mol. The van der Waals surface area contributed by atoms with Crippen LogP contribution in [0.5, 0.6) is 5.75 Å². The van der Waals surface area contributed by atoms with Crippen LogP contribution in [-0.2, 0) is 6.54 Å². The maximum Gasteiger partial charge on any atom is 0.121 e. The van der Waals surface area contributed by atoms with Gasteiger partial charge in [0.25, 0.3) is 0 Å². The molecule has 0 bridgehead atoms. The van der Waals surface area contributed by atoms with Gasteiger partial charge in [0.15, 0.2) is 0 Å². The summed E-state index contributed by atoms with van der Waals surface area (Å²) in [4.78, 5) is 0. The smallest absolute Gasteiger partial charge is 0.121 e. The summed E-state index contributed by atoms with van der Waals surface area (Å²) >= 11 is 11.7. The molecule has 0 fully saturated rings. The lowest BCUT2D eigenvalue weighted by Crippen LogP contribution is -2.31. The van der Waals surface area contributed by atoms with Gasteiger partial charge in [0.2, 0.25) is 0 Å². The number of rotatable bonds is 7. The molecule has 0 aromatic heterocycles. The summed E-state index contributed by atoms with van der Waals surface area (Å²) in [5, 5.41) is 14.0. The highest BCUT2D eigenvalue weighted by Crippen LogP contribution is 2.26. The summed E-state index contributed by atoms with van der Waals surface area (Å²) in [5.41, 5.74) is 1.18. The van der Waals surface area contributed by atoms with Gasteiger partial charge in [-0.2, -0.15) is 0 Å². The van der Waals surface area contributed by atoms with E-state index in [0.29, 0.717) is 28.9 Å². The topological polar surface area (TPSA) is 41.5 Å². The summed E-state index contributed by atoms with van der Waals surface area (Å²) in [6.45, 7) is 1.36. The predicted octanol–water partition coefficient (Wildman–Crippen LogP) is 3.52. The number of aliphatic hydroxyl groups is 1. The molecule has 112 valence electrons. The summed E-state index contributed by atoms with van der Waals surface area (Å²) < 4.78 is 5.47. The second-order valence-electron chi connectivity index (χ2n) is 4.66. The van der Waals surface area contributed by atoms with E-state index in [1.54, 1.807) is 18.2 Å². The van der Waals surface area contributed by atoms with E-state index in [1.807, 2.05) is 30.3 Å². The van der Waals surface area contributed by atoms with Crippen molar-refractivity contribution in [2.45, 2.75) is 12.6 Å². The summed E-state index contributed by atoms with van der Waals surface area (Å²) in [6.07, 6.45) is -0.594. The zero-order chi connectivity index (χ0) is 15.1. The largest absolute Gasteiger partial charge is 0.491 e. The minimum Gasteiger partial charge on any atom is -0.491 e. The van der Waals surface area contributed by atoms with Gasteiger partial charge in [-0.1, -0.05) is 53.5 Å². The van der Waals surface area contributed by atoms with E-state index in [0.717, 1.165) is 0 Å². The average Bonchev–Trinajstić information content (AvgIpc) is 2.49. The van der Waals surface area contributed by atoms with Crippen molar-refractivity contribution in [1.29, 1.82) is 0 Å². The monoisotopic (exact) mass is 325 g/mol. The number of halogens is 2. The summed E-state index contributed by atoms with van der Waals surface area (Å²) in [6, 6.07) is 15.0. The van der Waals surface area contributed by atoms with Gasteiger partial charge < -0.3 is 15.2 Å². The maximum absolute atomic E-state index is 9.87. The Kier molecular flexibility index (Phi) is 6.33. The van der Waals surface area contributed by atoms with Crippen molar-refractivity contribution in [3.63, 3.8) is 0 Å². The molecule has 0 saturated carbocycles. The lowest BCUT2D eigenvalue weighted by Gasteiger charge is -2.13. The third-order valence-electron chi connectivity index (χ3n) is 2.89. The van der Waals surface area contributed by atoms with Crippen LogP contribution in [0, 0.1) is 0 Å². The minimum absolute atomic E-state index is 0.194. The molecule has 1 unspecified atom stereocenters. The first-order chi connectivity index (χ1) is 10.1. The highest BCUT2D eigenvalue weighted by molar-refractivity contribution is 6.42. The molecule has 2 rings (SSSR count). The Morgan fingerprint density at radius 1 is 1.05 bits per heavy atom. The van der Waals surface area contributed by atoms with Crippen molar-refractivity contribution in [3.8, 4) is 5.75 Å². The van der Waals surface area contributed by atoms with Crippen molar-refractivity contribution < 1.29 is 9.84 Å². The maximum atomic E-state index is 9.87. The van der Waals surface area contributed by atoms with Crippen LogP contribution < -0.4 is 10.1 Å². The molecule has 0 radical (unpaired) electrons. The molecule has 0 amide bonds. The number of hydrogen-bond acceptors (Lipinski definition) is 3. The van der Waals surface area contributed by atoms with Gasteiger partial charge in [-0.05, 0) is 17.7 Å². The van der Waals surface area contributed by atoms with E-state index in [2.05, 4.69) is 5.32 Å². The average molecular weight is 326 g/mol. The SMILES string of the molecule is OC(CNCc1ccccc1)COc1ccc(Cl)c(Cl)c1. The molecule has 0 heterocycles. The minimum atomic E-state index is -0.594. The number of hydrogen-bond donors (Lipinski definition) is 2. The number of benzene rings is 2. The molecule has 21 heavy (non-hydrogen) atoms. The van der Waals surface area contributed by atoms with Crippen molar-refractivity contribution >= 4 is 23.2 Å². The van der Waals surface area contributed by atoms with E-state index < -0.39 is 6.10 Å².